The molecule has 3 aromatic heterocycles. The smallest absolute Gasteiger partial charge is 0.135 e. The van der Waals surface area contributed by atoms with Crippen molar-refractivity contribution in [1.82, 2.24) is 14.6 Å². The van der Waals surface area contributed by atoms with Gasteiger partial charge < -0.3 is 11.1 Å². The maximum atomic E-state index is 13.8. The molecule has 1 aliphatic rings. The van der Waals surface area contributed by atoms with Crippen LogP contribution in [-0.4, -0.2) is 26.5 Å². The van der Waals surface area contributed by atoms with Crippen LogP contribution in [0.1, 0.15) is 43.2 Å². The fourth-order valence-corrected chi connectivity index (χ4v) is 4.72. The molecule has 1 saturated carbocycles. The van der Waals surface area contributed by atoms with Crippen molar-refractivity contribution >= 4 is 34.3 Å². The molecule has 0 bridgehead atoms. The largest absolute Gasteiger partial charge is 0.383 e. The lowest BCUT2D eigenvalue weighted by Gasteiger charge is -2.25. The van der Waals surface area contributed by atoms with E-state index >= 15 is 0 Å². The summed E-state index contributed by atoms with van der Waals surface area (Å²) >= 11 is 6.23. The Bertz CT molecular complexity index is 1370. The highest BCUT2D eigenvalue weighted by atomic mass is 35.5. The quantitative estimate of drug-likeness (QED) is 0.262. The lowest BCUT2D eigenvalue weighted by Crippen LogP contribution is -2.25. The number of pyridine rings is 1. The average Bonchev–Trinajstić information content (AvgIpc) is 3.27. The van der Waals surface area contributed by atoms with Crippen molar-refractivity contribution in [1.29, 1.82) is 0 Å². The van der Waals surface area contributed by atoms with E-state index in [1.165, 1.54) is 37.5 Å². The van der Waals surface area contributed by atoms with E-state index in [1.54, 1.807) is 12.4 Å². The van der Waals surface area contributed by atoms with Crippen LogP contribution in [0.25, 0.3) is 16.6 Å². The molecule has 1 fully saturated rings. The number of rotatable bonds is 5. The van der Waals surface area contributed by atoms with E-state index in [-0.39, 0.29) is 11.5 Å². The Balaban J connectivity index is 1.64. The second-order valence-corrected chi connectivity index (χ2v) is 9.16. The maximum Gasteiger partial charge on any atom is 0.135 e. The zero-order valence-corrected chi connectivity index (χ0v) is 19.7. The molecular formula is C26H26ClFN6. The summed E-state index contributed by atoms with van der Waals surface area (Å²) < 4.78 is 15.6. The minimum atomic E-state index is -0.422. The summed E-state index contributed by atoms with van der Waals surface area (Å²) in [5.41, 5.74) is 12.4. The zero-order chi connectivity index (χ0) is 23.7. The second-order valence-electron chi connectivity index (χ2n) is 8.75. The van der Waals surface area contributed by atoms with E-state index in [0.717, 1.165) is 40.7 Å². The summed E-state index contributed by atoms with van der Waals surface area (Å²) in [4.78, 5) is 8.66. The van der Waals surface area contributed by atoms with Gasteiger partial charge in [0.1, 0.15) is 11.7 Å². The minimum absolute atomic E-state index is 0.226. The SMILES string of the molecule is Cc1cnccc1-c1cc2c(NC3CCCCC3)c(C(N)=Nc3cc(F)ccc3Cl)cnn2c1. The van der Waals surface area contributed by atoms with Crippen molar-refractivity contribution in [2.75, 3.05) is 5.32 Å². The standard InChI is InChI=1S/C26H26ClFN6/c1-16-13-30-10-9-20(16)17-11-24-25(32-19-5-3-2-4-6-19)21(14-31-34(24)15-17)26(29)33-23-12-18(28)7-8-22(23)27/h7-15,19,32H,2-6H2,1H3,(H2,29,33). The van der Waals surface area contributed by atoms with Gasteiger partial charge in [-0.15, -0.1) is 0 Å². The Hall–Kier alpha value is -3.45. The third kappa shape index (κ3) is 4.48. The number of anilines is 1. The number of hydrogen-bond acceptors (Lipinski definition) is 4. The van der Waals surface area contributed by atoms with Crippen molar-refractivity contribution in [2.24, 2.45) is 10.7 Å². The van der Waals surface area contributed by atoms with Crippen LogP contribution >= 0.6 is 11.6 Å². The molecular weight excluding hydrogens is 451 g/mol. The highest BCUT2D eigenvalue weighted by Crippen LogP contribution is 2.33. The van der Waals surface area contributed by atoms with Crippen molar-refractivity contribution in [3.05, 3.63) is 77.1 Å². The number of halogens is 2. The predicted molar refractivity (Wildman–Crippen MR) is 135 cm³/mol. The fraction of sp³-hybridized carbons (Fsp3) is 0.269. The first-order chi connectivity index (χ1) is 16.5. The number of aliphatic imine (C=N–C) groups is 1. The van der Waals surface area contributed by atoms with Crippen LogP contribution in [0, 0.1) is 12.7 Å². The molecule has 0 radical (unpaired) electrons. The highest BCUT2D eigenvalue weighted by Gasteiger charge is 2.20. The van der Waals surface area contributed by atoms with Gasteiger partial charge >= 0.3 is 0 Å². The fourth-order valence-electron chi connectivity index (χ4n) is 4.56. The molecule has 0 unspecified atom stereocenters. The molecule has 6 nitrogen and oxygen atoms in total. The van der Waals surface area contributed by atoms with Gasteiger partial charge in [0.05, 0.1) is 33.7 Å². The first-order valence-electron chi connectivity index (χ1n) is 11.5. The molecule has 0 spiro atoms. The lowest BCUT2D eigenvalue weighted by molar-refractivity contribution is 0.463. The van der Waals surface area contributed by atoms with Gasteiger partial charge in [0, 0.05) is 36.3 Å². The summed E-state index contributed by atoms with van der Waals surface area (Å²) in [7, 11) is 0. The molecule has 1 aromatic carbocycles. The van der Waals surface area contributed by atoms with E-state index in [4.69, 9.17) is 17.3 Å². The van der Waals surface area contributed by atoms with Crippen molar-refractivity contribution in [2.45, 2.75) is 45.1 Å². The number of fused-ring (bicyclic) bond motifs is 1. The van der Waals surface area contributed by atoms with Gasteiger partial charge in [-0.05, 0) is 55.2 Å². The van der Waals surface area contributed by atoms with E-state index in [0.29, 0.717) is 16.6 Å². The summed E-state index contributed by atoms with van der Waals surface area (Å²) in [5, 5.41) is 8.66. The molecule has 34 heavy (non-hydrogen) atoms. The third-order valence-corrected chi connectivity index (χ3v) is 6.67. The number of hydrogen-bond donors (Lipinski definition) is 2. The van der Waals surface area contributed by atoms with Gasteiger partial charge in [-0.25, -0.2) is 13.9 Å². The molecule has 0 saturated heterocycles. The number of nitrogens with one attached hydrogen (secondary N) is 1. The monoisotopic (exact) mass is 476 g/mol. The average molecular weight is 477 g/mol. The zero-order valence-electron chi connectivity index (χ0n) is 18.9. The molecule has 8 heteroatoms. The van der Waals surface area contributed by atoms with E-state index in [9.17, 15) is 4.39 Å². The van der Waals surface area contributed by atoms with Crippen LogP contribution in [0.5, 0.6) is 0 Å². The van der Waals surface area contributed by atoms with Crippen LogP contribution in [0.3, 0.4) is 0 Å². The van der Waals surface area contributed by atoms with Crippen LogP contribution in [-0.2, 0) is 0 Å². The third-order valence-electron chi connectivity index (χ3n) is 6.35. The van der Waals surface area contributed by atoms with Gasteiger partial charge in [-0.3, -0.25) is 4.98 Å². The summed E-state index contributed by atoms with van der Waals surface area (Å²) in [6.07, 6.45) is 13.2. The van der Waals surface area contributed by atoms with Gasteiger partial charge in [0.2, 0.25) is 0 Å². The Morgan fingerprint density at radius 3 is 2.79 bits per heavy atom. The molecule has 0 aliphatic heterocycles. The first-order valence-corrected chi connectivity index (χ1v) is 11.9. The number of nitrogens with two attached hydrogens (primary N) is 1. The molecule has 174 valence electrons. The van der Waals surface area contributed by atoms with Crippen molar-refractivity contribution in [3.63, 3.8) is 0 Å². The normalized spacial score (nSPS) is 15.1. The number of aryl methyl sites for hydroxylation is 1. The van der Waals surface area contributed by atoms with Gasteiger partial charge in [0.15, 0.2) is 0 Å². The van der Waals surface area contributed by atoms with Crippen LogP contribution < -0.4 is 11.1 Å². The van der Waals surface area contributed by atoms with E-state index in [1.807, 2.05) is 29.9 Å². The van der Waals surface area contributed by atoms with Crippen LogP contribution in [0.4, 0.5) is 15.8 Å². The summed E-state index contributed by atoms with van der Waals surface area (Å²) in [5.74, 6) is -0.197. The van der Waals surface area contributed by atoms with Crippen molar-refractivity contribution < 1.29 is 4.39 Å². The second kappa shape index (κ2) is 9.43. The number of amidine groups is 1. The highest BCUT2D eigenvalue weighted by molar-refractivity contribution is 6.33. The van der Waals surface area contributed by atoms with Crippen LogP contribution in [0.2, 0.25) is 5.02 Å². The number of nitrogens with zero attached hydrogens (tertiary/aromatic N) is 4. The lowest BCUT2D eigenvalue weighted by atomic mass is 9.95. The van der Waals surface area contributed by atoms with E-state index in [2.05, 4.69) is 26.5 Å². The molecule has 1 aliphatic carbocycles. The summed E-state index contributed by atoms with van der Waals surface area (Å²) in [6, 6.07) is 8.49. The van der Waals surface area contributed by atoms with Gasteiger partial charge in [0.25, 0.3) is 0 Å². The topological polar surface area (TPSA) is 80.6 Å². The minimum Gasteiger partial charge on any atom is -0.383 e. The first kappa shape index (κ1) is 22.3. The van der Waals surface area contributed by atoms with Gasteiger partial charge in [-0.1, -0.05) is 30.9 Å². The molecule has 0 amide bonds. The Labute approximate surface area is 202 Å². The van der Waals surface area contributed by atoms with Gasteiger partial charge in [-0.2, -0.15) is 5.10 Å². The number of benzene rings is 1. The Morgan fingerprint density at radius 2 is 2.00 bits per heavy atom. The van der Waals surface area contributed by atoms with E-state index < -0.39 is 5.82 Å². The summed E-state index contributed by atoms with van der Waals surface area (Å²) in [6.45, 7) is 2.04. The maximum absolute atomic E-state index is 13.8. The van der Waals surface area contributed by atoms with Crippen molar-refractivity contribution in [3.8, 4) is 11.1 Å². The molecule has 4 aromatic rings. The van der Waals surface area contributed by atoms with Crippen LogP contribution in [0.15, 0.2) is 60.1 Å². The molecule has 3 heterocycles. The molecule has 5 rings (SSSR count). The molecule has 3 N–H and O–H groups in total. The predicted octanol–water partition coefficient (Wildman–Crippen LogP) is 6.28. The molecule has 0 atom stereocenters. The number of aromatic nitrogens is 3. The Morgan fingerprint density at radius 1 is 1.18 bits per heavy atom. The Kier molecular flexibility index (Phi) is 6.20.